The molecular formula is C18H17ClN4O. The van der Waals surface area contributed by atoms with Gasteiger partial charge in [-0.15, -0.1) is 0 Å². The van der Waals surface area contributed by atoms with Gasteiger partial charge in [0.05, 0.1) is 17.6 Å². The number of benzene rings is 2. The molecule has 1 aromatic heterocycles. The Morgan fingerprint density at radius 2 is 1.96 bits per heavy atom. The first kappa shape index (κ1) is 16.1. The molecule has 0 radical (unpaired) electrons. The minimum atomic E-state index is -0.00685. The quantitative estimate of drug-likeness (QED) is 0.623. The molecule has 3 aromatic rings. The molecule has 0 saturated heterocycles. The van der Waals surface area contributed by atoms with Gasteiger partial charge in [-0.1, -0.05) is 36.7 Å². The van der Waals surface area contributed by atoms with Crippen molar-refractivity contribution < 1.29 is 4.79 Å². The van der Waals surface area contributed by atoms with Crippen LogP contribution < -0.4 is 10.6 Å². The number of aromatic amines is 1. The summed E-state index contributed by atoms with van der Waals surface area (Å²) in [6, 6.07) is 15.1. The average molecular weight is 341 g/mol. The third kappa shape index (κ3) is 3.75. The fourth-order valence-electron chi connectivity index (χ4n) is 2.29. The molecule has 0 atom stereocenters. The lowest BCUT2D eigenvalue weighted by Crippen LogP contribution is -2.09. The van der Waals surface area contributed by atoms with E-state index in [1.54, 1.807) is 6.20 Å². The van der Waals surface area contributed by atoms with Crippen molar-refractivity contribution >= 4 is 34.6 Å². The Bertz CT molecular complexity index is 842. The van der Waals surface area contributed by atoms with Crippen molar-refractivity contribution in [3.8, 4) is 11.3 Å². The Kier molecular flexibility index (Phi) is 4.82. The number of halogens is 1. The van der Waals surface area contributed by atoms with Crippen LogP contribution in [0, 0.1) is 0 Å². The largest absolute Gasteiger partial charge is 0.352 e. The molecule has 5 nitrogen and oxygen atoms in total. The first-order valence-corrected chi connectivity index (χ1v) is 7.99. The van der Waals surface area contributed by atoms with Crippen LogP contribution in [0.25, 0.3) is 11.3 Å². The van der Waals surface area contributed by atoms with Crippen molar-refractivity contribution in [2.24, 2.45) is 0 Å². The summed E-state index contributed by atoms with van der Waals surface area (Å²) in [6.07, 6.45) is 2.18. The van der Waals surface area contributed by atoms with Crippen molar-refractivity contribution in [1.82, 2.24) is 10.2 Å². The molecule has 0 fully saturated rings. The first-order valence-electron chi connectivity index (χ1n) is 7.62. The number of hydrogen-bond acceptors (Lipinski definition) is 3. The number of H-pyrrole nitrogens is 1. The van der Waals surface area contributed by atoms with Crippen LogP contribution >= 0.6 is 11.6 Å². The highest BCUT2D eigenvalue weighted by Gasteiger charge is 2.09. The summed E-state index contributed by atoms with van der Waals surface area (Å²) in [7, 11) is 0. The van der Waals surface area contributed by atoms with Gasteiger partial charge >= 0.3 is 0 Å². The van der Waals surface area contributed by atoms with Crippen LogP contribution in [-0.2, 0) is 4.79 Å². The van der Waals surface area contributed by atoms with Gasteiger partial charge in [0.25, 0.3) is 0 Å². The summed E-state index contributed by atoms with van der Waals surface area (Å²) in [5, 5.41) is 13.9. The van der Waals surface area contributed by atoms with E-state index in [1.807, 2.05) is 55.5 Å². The second-order valence-corrected chi connectivity index (χ2v) is 5.71. The number of nitrogens with zero attached hydrogens (tertiary/aromatic N) is 1. The number of hydrogen-bond donors (Lipinski definition) is 3. The van der Waals surface area contributed by atoms with Gasteiger partial charge in [0.2, 0.25) is 5.91 Å². The van der Waals surface area contributed by atoms with Crippen LogP contribution in [0.3, 0.4) is 0 Å². The molecular weight excluding hydrogens is 324 g/mol. The van der Waals surface area contributed by atoms with E-state index in [2.05, 4.69) is 20.8 Å². The van der Waals surface area contributed by atoms with Crippen molar-refractivity contribution in [3.63, 3.8) is 0 Å². The minimum Gasteiger partial charge on any atom is -0.352 e. The summed E-state index contributed by atoms with van der Waals surface area (Å²) in [4.78, 5) is 11.4. The maximum atomic E-state index is 11.4. The Balaban J connectivity index is 1.81. The first-order chi connectivity index (χ1) is 11.7. The molecule has 3 rings (SSSR count). The van der Waals surface area contributed by atoms with Gasteiger partial charge in [0.1, 0.15) is 0 Å². The van der Waals surface area contributed by atoms with Gasteiger partial charge in [0, 0.05) is 28.4 Å². The van der Waals surface area contributed by atoms with E-state index >= 15 is 0 Å². The van der Waals surface area contributed by atoms with Gasteiger partial charge in [-0.05, 0) is 30.3 Å². The molecule has 1 amide bonds. The number of amides is 1. The minimum absolute atomic E-state index is 0.00685. The predicted molar refractivity (Wildman–Crippen MR) is 97.7 cm³/mol. The predicted octanol–water partition coefficient (Wildman–Crippen LogP) is 4.82. The van der Waals surface area contributed by atoms with E-state index in [1.165, 1.54) is 0 Å². The van der Waals surface area contributed by atoms with Gasteiger partial charge in [-0.2, -0.15) is 5.10 Å². The molecule has 0 aliphatic heterocycles. The Hall–Kier alpha value is -2.79. The fourth-order valence-corrected chi connectivity index (χ4v) is 2.48. The molecule has 0 bridgehead atoms. The maximum absolute atomic E-state index is 11.4. The molecule has 0 unspecified atom stereocenters. The summed E-state index contributed by atoms with van der Waals surface area (Å²) < 4.78 is 0. The van der Waals surface area contributed by atoms with Crippen LogP contribution in [-0.4, -0.2) is 16.1 Å². The Morgan fingerprint density at radius 3 is 2.67 bits per heavy atom. The second kappa shape index (κ2) is 7.19. The molecule has 0 aliphatic carbocycles. The molecule has 0 saturated carbocycles. The highest BCUT2D eigenvalue weighted by Crippen LogP contribution is 2.29. The summed E-state index contributed by atoms with van der Waals surface area (Å²) >= 11 is 6.01. The van der Waals surface area contributed by atoms with Crippen LogP contribution in [0.4, 0.5) is 17.1 Å². The van der Waals surface area contributed by atoms with E-state index < -0.39 is 0 Å². The van der Waals surface area contributed by atoms with Crippen LogP contribution in [0.15, 0.2) is 54.7 Å². The molecule has 0 aliphatic rings. The van der Waals surface area contributed by atoms with Gasteiger partial charge in [-0.3, -0.25) is 9.89 Å². The normalized spacial score (nSPS) is 10.4. The van der Waals surface area contributed by atoms with Crippen molar-refractivity contribution in [3.05, 3.63) is 59.8 Å². The van der Waals surface area contributed by atoms with Crippen molar-refractivity contribution in [2.75, 3.05) is 10.6 Å². The molecule has 6 heteroatoms. The molecule has 0 spiro atoms. The maximum Gasteiger partial charge on any atom is 0.224 e. The average Bonchev–Trinajstić information content (AvgIpc) is 3.03. The number of carbonyl (C=O) groups excluding carboxylic acids is 1. The van der Waals surface area contributed by atoms with Crippen molar-refractivity contribution in [2.45, 2.75) is 13.3 Å². The lowest BCUT2D eigenvalue weighted by molar-refractivity contribution is -0.115. The van der Waals surface area contributed by atoms with E-state index in [0.717, 1.165) is 28.3 Å². The van der Waals surface area contributed by atoms with E-state index in [4.69, 9.17) is 11.6 Å². The van der Waals surface area contributed by atoms with Gasteiger partial charge in [-0.25, -0.2) is 0 Å². The summed E-state index contributed by atoms with van der Waals surface area (Å²) in [6.45, 7) is 1.82. The fraction of sp³-hybridized carbons (Fsp3) is 0.111. The zero-order valence-corrected chi connectivity index (χ0v) is 13.9. The molecule has 2 aromatic carbocycles. The van der Waals surface area contributed by atoms with E-state index in [-0.39, 0.29) is 5.91 Å². The van der Waals surface area contributed by atoms with Gasteiger partial charge < -0.3 is 10.6 Å². The highest BCUT2D eigenvalue weighted by molar-refractivity contribution is 6.30. The highest BCUT2D eigenvalue weighted by atomic mass is 35.5. The monoisotopic (exact) mass is 340 g/mol. The smallest absolute Gasteiger partial charge is 0.224 e. The van der Waals surface area contributed by atoms with Crippen molar-refractivity contribution in [1.29, 1.82) is 0 Å². The molecule has 24 heavy (non-hydrogen) atoms. The number of nitrogens with one attached hydrogen (secondary N) is 3. The third-order valence-electron chi connectivity index (χ3n) is 3.52. The lowest BCUT2D eigenvalue weighted by atomic mass is 10.1. The topological polar surface area (TPSA) is 69.8 Å². The van der Waals surface area contributed by atoms with E-state index in [9.17, 15) is 4.79 Å². The molecule has 3 N–H and O–H groups in total. The molecule has 1 heterocycles. The standard InChI is InChI=1S/C18H17ClN4O/c1-2-17(24)22-14-8-6-12(7-9-14)18-16(11-20-23-18)21-15-5-3-4-13(19)10-15/h3-11,21H,2H2,1H3,(H,20,23)(H,22,24). The second-order valence-electron chi connectivity index (χ2n) is 5.27. The van der Waals surface area contributed by atoms with Crippen LogP contribution in [0.5, 0.6) is 0 Å². The van der Waals surface area contributed by atoms with Crippen LogP contribution in [0.2, 0.25) is 5.02 Å². The lowest BCUT2D eigenvalue weighted by Gasteiger charge is -2.08. The molecule has 122 valence electrons. The Labute approximate surface area is 145 Å². The zero-order chi connectivity index (χ0) is 16.9. The van der Waals surface area contributed by atoms with E-state index in [0.29, 0.717) is 11.4 Å². The number of aromatic nitrogens is 2. The zero-order valence-electron chi connectivity index (χ0n) is 13.1. The number of anilines is 3. The number of rotatable bonds is 5. The number of carbonyl (C=O) groups is 1. The summed E-state index contributed by atoms with van der Waals surface area (Å²) in [5.74, 6) is -0.00685. The Morgan fingerprint density at radius 1 is 1.17 bits per heavy atom. The SMILES string of the molecule is CCC(=O)Nc1ccc(-c2[nH]ncc2Nc2cccc(Cl)c2)cc1. The van der Waals surface area contributed by atoms with Crippen LogP contribution in [0.1, 0.15) is 13.3 Å². The summed E-state index contributed by atoms with van der Waals surface area (Å²) in [5.41, 5.74) is 4.34. The third-order valence-corrected chi connectivity index (χ3v) is 3.76. The van der Waals surface area contributed by atoms with Gasteiger partial charge in [0.15, 0.2) is 0 Å².